The van der Waals surface area contributed by atoms with E-state index in [0.29, 0.717) is 36.7 Å². The Hall–Kier alpha value is -3.55. The molecule has 0 fully saturated rings. The van der Waals surface area contributed by atoms with Gasteiger partial charge >= 0.3 is 5.97 Å². The number of hydrogen-bond donors (Lipinski definition) is 6. The van der Waals surface area contributed by atoms with Crippen molar-refractivity contribution in [1.82, 2.24) is 10.6 Å². The van der Waals surface area contributed by atoms with Gasteiger partial charge in [0.15, 0.2) is 5.96 Å². The molecule has 180 valence electrons. The number of hydrogen-bond acceptors (Lipinski definition) is 8. The summed E-state index contributed by atoms with van der Waals surface area (Å²) in [5.41, 5.74) is 6.32. The fourth-order valence-corrected chi connectivity index (χ4v) is 2.73. The van der Waals surface area contributed by atoms with E-state index in [9.17, 15) is 13.2 Å². The molecule has 0 unspecified atom stereocenters. The van der Waals surface area contributed by atoms with Gasteiger partial charge in [0.05, 0.1) is 16.3 Å². The number of carboxylic acid groups (broad SMARTS) is 1. The molecule has 0 heterocycles. The van der Waals surface area contributed by atoms with Crippen LogP contribution >= 0.6 is 0 Å². The maximum atomic E-state index is 10.8. The highest BCUT2D eigenvalue weighted by atomic mass is 32.2. The number of benzene rings is 2. The van der Waals surface area contributed by atoms with Crippen molar-refractivity contribution in [3.8, 4) is 5.75 Å². The standard InChI is InChI=1S/C12H10N2O4S.C8H18N4O2/c15-11-5-1-9(2-6-11)13-14-10-3-7-12(8-4-10)19(16,17)18;1-10-8(11-2)12-5-3-4-6(9)7(13)14/h1-8,15H,(H,16,17,18);6H,3-5,9H2,1-2H3,(H,13,14)(H2,10,11,12)/t;6-/m.0/s1. The molecule has 2 aromatic rings. The molecule has 0 saturated heterocycles. The number of carboxylic acids is 1. The topological polar surface area (TPSA) is 199 Å². The van der Waals surface area contributed by atoms with Crippen molar-refractivity contribution in [2.75, 3.05) is 20.6 Å². The first-order valence-corrected chi connectivity index (χ1v) is 11.2. The SMILES string of the molecule is CN=C(NC)NCCC[C@H](N)C(=O)O.O=S(=O)(O)c1ccc(N=Nc2ccc(O)cc2)cc1. The lowest BCUT2D eigenvalue weighted by atomic mass is 10.2. The highest BCUT2D eigenvalue weighted by molar-refractivity contribution is 7.85. The Labute approximate surface area is 192 Å². The van der Waals surface area contributed by atoms with Gasteiger partial charge in [0.2, 0.25) is 0 Å². The summed E-state index contributed by atoms with van der Waals surface area (Å²) >= 11 is 0. The van der Waals surface area contributed by atoms with E-state index in [1.807, 2.05) is 0 Å². The minimum absolute atomic E-state index is 0.136. The summed E-state index contributed by atoms with van der Waals surface area (Å²) in [5, 5.41) is 31.3. The number of nitrogens with zero attached hydrogens (tertiary/aromatic N) is 3. The van der Waals surface area contributed by atoms with Gasteiger partial charge in [0.25, 0.3) is 10.1 Å². The molecule has 0 amide bonds. The second-order valence-corrected chi connectivity index (χ2v) is 7.94. The molecular formula is C20H28N6O6S. The Balaban J connectivity index is 0.000000349. The molecule has 2 rings (SSSR count). The molecule has 0 aromatic heterocycles. The number of phenolic OH excluding ortho intramolecular Hbond substituents is 1. The fourth-order valence-electron chi connectivity index (χ4n) is 2.25. The molecule has 0 aliphatic carbocycles. The number of carbonyl (C=O) groups is 1. The number of aliphatic imine (C=N–C) groups is 1. The van der Waals surface area contributed by atoms with Crippen LogP contribution in [0.4, 0.5) is 11.4 Å². The lowest BCUT2D eigenvalue weighted by molar-refractivity contribution is -0.138. The van der Waals surface area contributed by atoms with E-state index in [0.717, 1.165) is 0 Å². The van der Waals surface area contributed by atoms with Crippen LogP contribution in [0.15, 0.2) is 68.6 Å². The number of aromatic hydroxyl groups is 1. The number of rotatable bonds is 8. The molecule has 12 nitrogen and oxygen atoms in total. The number of phenols is 1. The van der Waals surface area contributed by atoms with Gasteiger partial charge in [-0.3, -0.25) is 14.3 Å². The average molecular weight is 481 g/mol. The molecule has 1 atom stereocenters. The fraction of sp³-hybridized carbons (Fsp3) is 0.300. The average Bonchev–Trinajstić information content (AvgIpc) is 2.78. The summed E-state index contributed by atoms with van der Waals surface area (Å²) in [5.74, 6) is -0.131. The minimum atomic E-state index is -4.19. The first kappa shape index (κ1) is 27.5. The molecule has 13 heteroatoms. The molecular weight excluding hydrogens is 452 g/mol. The van der Waals surface area contributed by atoms with Gasteiger partial charge in [0, 0.05) is 20.6 Å². The first-order chi connectivity index (χ1) is 15.6. The predicted molar refractivity (Wildman–Crippen MR) is 124 cm³/mol. The lowest BCUT2D eigenvalue weighted by Crippen LogP contribution is -2.36. The van der Waals surface area contributed by atoms with E-state index in [-0.39, 0.29) is 10.6 Å². The van der Waals surface area contributed by atoms with Crippen molar-refractivity contribution in [2.24, 2.45) is 21.0 Å². The van der Waals surface area contributed by atoms with Crippen molar-refractivity contribution in [3.63, 3.8) is 0 Å². The minimum Gasteiger partial charge on any atom is -0.508 e. The second-order valence-electron chi connectivity index (χ2n) is 6.52. The van der Waals surface area contributed by atoms with Crippen LogP contribution in [0.25, 0.3) is 0 Å². The summed E-state index contributed by atoms with van der Waals surface area (Å²) in [6.07, 6.45) is 1.16. The maximum absolute atomic E-state index is 10.8. The van der Waals surface area contributed by atoms with Gasteiger partial charge in [-0.1, -0.05) is 0 Å². The molecule has 0 aliphatic heterocycles. The van der Waals surface area contributed by atoms with Gasteiger partial charge in [-0.15, -0.1) is 0 Å². The molecule has 0 saturated carbocycles. The molecule has 0 spiro atoms. The van der Waals surface area contributed by atoms with Crippen molar-refractivity contribution in [1.29, 1.82) is 0 Å². The Morgan fingerprint density at radius 3 is 2.00 bits per heavy atom. The first-order valence-electron chi connectivity index (χ1n) is 9.72. The van der Waals surface area contributed by atoms with E-state index in [1.165, 1.54) is 36.4 Å². The largest absolute Gasteiger partial charge is 0.508 e. The zero-order valence-electron chi connectivity index (χ0n) is 18.2. The number of nitrogens with one attached hydrogen (secondary N) is 2. The highest BCUT2D eigenvalue weighted by Crippen LogP contribution is 2.21. The third-order valence-corrected chi connectivity index (χ3v) is 4.90. The number of guanidine groups is 1. The second kappa shape index (κ2) is 13.8. The number of nitrogens with two attached hydrogens (primary N) is 1. The number of aliphatic carboxylic acids is 1. The van der Waals surface area contributed by atoms with E-state index < -0.39 is 22.1 Å². The third kappa shape index (κ3) is 11.0. The van der Waals surface area contributed by atoms with Crippen LogP contribution < -0.4 is 16.4 Å². The molecule has 33 heavy (non-hydrogen) atoms. The smallest absolute Gasteiger partial charge is 0.320 e. The Morgan fingerprint density at radius 1 is 1.06 bits per heavy atom. The van der Waals surface area contributed by atoms with Crippen LogP contribution in [0.5, 0.6) is 5.75 Å². The Morgan fingerprint density at radius 2 is 1.58 bits per heavy atom. The molecule has 2 aromatic carbocycles. The highest BCUT2D eigenvalue weighted by Gasteiger charge is 2.10. The predicted octanol–water partition coefficient (Wildman–Crippen LogP) is 2.03. The maximum Gasteiger partial charge on any atom is 0.320 e. The van der Waals surface area contributed by atoms with E-state index >= 15 is 0 Å². The Bertz CT molecular complexity index is 1040. The van der Waals surface area contributed by atoms with Crippen LogP contribution in [0.3, 0.4) is 0 Å². The molecule has 0 bridgehead atoms. The Kier molecular flexibility index (Phi) is 11.5. The van der Waals surface area contributed by atoms with Gasteiger partial charge in [-0.05, 0) is 61.4 Å². The van der Waals surface area contributed by atoms with Crippen LogP contribution in [0.2, 0.25) is 0 Å². The zero-order chi connectivity index (χ0) is 24.9. The van der Waals surface area contributed by atoms with Crippen molar-refractivity contribution >= 4 is 33.4 Å². The normalized spacial score (nSPS) is 12.5. The van der Waals surface area contributed by atoms with Crippen molar-refractivity contribution in [3.05, 3.63) is 48.5 Å². The number of azo groups is 1. The van der Waals surface area contributed by atoms with E-state index in [4.69, 9.17) is 20.5 Å². The lowest BCUT2D eigenvalue weighted by Gasteiger charge is -2.09. The summed E-state index contributed by atoms with van der Waals surface area (Å²) < 4.78 is 30.5. The van der Waals surface area contributed by atoms with Crippen LogP contribution in [-0.2, 0) is 14.9 Å². The summed E-state index contributed by atoms with van der Waals surface area (Å²) in [7, 11) is -0.761. The summed E-state index contributed by atoms with van der Waals surface area (Å²) in [6.45, 7) is 0.661. The van der Waals surface area contributed by atoms with Crippen LogP contribution in [-0.4, -0.2) is 61.8 Å². The molecule has 0 radical (unpaired) electrons. The van der Waals surface area contributed by atoms with Gasteiger partial charge in [-0.2, -0.15) is 18.6 Å². The van der Waals surface area contributed by atoms with Gasteiger partial charge in [-0.25, -0.2) is 0 Å². The van der Waals surface area contributed by atoms with Crippen LogP contribution in [0.1, 0.15) is 12.8 Å². The van der Waals surface area contributed by atoms with Crippen molar-refractivity contribution < 1.29 is 28.0 Å². The van der Waals surface area contributed by atoms with Crippen LogP contribution in [0, 0.1) is 0 Å². The quantitative estimate of drug-likeness (QED) is 0.107. The third-order valence-electron chi connectivity index (χ3n) is 4.03. The monoisotopic (exact) mass is 480 g/mol. The zero-order valence-corrected chi connectivity index (χ0v) is 19.0. The molecule has 7 N–H and O–H groups in total. The molecule has 0 aliphatic rings. The summed E-state index contributed by atoms with van der Waals surface area (Å²) in [4.78, 5) is 14.1. The van der Waals surface area contributed by atoms with Crippen molar-refractivity contribution in [2.45, 2.75) is 23.8 Å². The van der Waals surface area contributed by atoms with E-state index in [1.54, 1.807) is 26.2 Å². The summed E-state index contributed by atoms with van der Waals surface area (Å²) in [6, 6.07) is 10.7. The van der Waals surface area contributed by atoms with Gasteiger partial charge in [0.1, 0.15) is 11.8 Å². The van der Waals surface area contributed by atoms with E-state index in [2.05, 4.69) is 25.9 Å². The van der Waals surface area contributed by atoms with Gasteiger partial charge < -0.3 is 26.6 Å².